The molecule has 140 valence electrons. The Hall–Kier alpha value is -2.50. The van der Waals surface area contributed by atoms with Crippen LogP contribution in [-0.2, 0) is 17.1 Å². The number of hydrogen-bond donors (Lipinski definition) is 1. The fraction of sp³-hybridized carbons (Fsp3) is 0.400. The lowest BCUT2D eigenvalue weighted by Crippen LogP contribution is -2.49. The number of piperazine rings is 1. The number of imidazole rings is 1. The monoisotopic (exact) mass is 381 g/mol. The smallest absolute Gasteiger partial charge is 0.312 e. The van der Waals surface area contributed by atoms with Crippen LogP contribution in [0.1, 0.15) is 11.9 Å². The molecule has 1 fully saturated rings. The Balaban J connectivity index is 2.04. The highest BCUT2D eigenvalue weighted by atomic mass is 32.2. The van der Waals surface area contributed by atoms with E-state index in [4.69, 9.17) is 4.74 Å². The van der Waals surface area contributed by atoms with Crippen LogP contribution in [0, 0.1) is 10.1 Å². The summed E-state index contributed by atoms with van der Waals surface area (Å²) in [7, 11) is -0.868. The van der Waals surface area contributed by atoms with E-state index < -0.39 is 26.7 Å². The number of aryl methyl sites for hydroxylation is 1. The highest BCUT2D eigenvalue weighted by molar-refractivity contribution is 7.89. The summed E-state index contributed by atoms with van der Waals surface area (Å²) < 4.78 is 34.4. The van der Waals surface area contributed by atoms with Crippen LogP contribution in [0.25, 0.3) is 0 Å². The average molecular weight is 381 g/mol. The molecule has 1 aliphatic heterocycles. The number of benzene rings is 1. The van der Waals surface area contributed by atoms with Crippen LogP contribution >= 0.6 is 0 Å². The molecule has 1 aliphatic rings. The van der Waals surface area contributed by atoms with Crippen molar-refractivity contribution in [1.29, 1.82) is 0 Å². The summed E-state index contributed by atoms with van der Waals surface area (Å²) in [6, 6.07) is 3.14. The molecule has 1 atom stereocenters. The molecule has 1 N–H and O–H groups in total. The molecule has 1 aromatic carbocycles. The van der Waals surface area contributed by atoms with Crippen LogP contribution < -0.4 is 10.1 Å². The van der Waals surface area contributed by atoms with E-state index in [1.165, 1.54) is 23.5 Å². The first-order chi connectivity index (χ1) is 12.4. The summed E-state index contributed by atoms with van der Waals surface area (Å²) in [6.45, 7) is 1.13. The summed E-state index contributed by atoms with van der Waals surface area (Å²) >= 11 is 0. The third kappa shape index (κ3) is 3.16. The molecular weight excluding hydrogens is 362 g/mol. The molecule has 0 bridgehead atoms. The van der Waals surface area contributed by atoms with Gasteiger partial charge in [0.25, 0.3) is 0 Å². The Morgan fingerprint density at radius 2 is 2.19 bits per heavy atom. The number of hydrogen-bond acceptors (Lipinski definition) is 7. The fourth-order valence-corrected chi connectivity index (χ4v) is 4.61. The first-order valence-electron chi connectivity index (χ1n) is 7.88. The summed E-state index contributed by atoms with van der Waals surface area (Å²) in [5.41, 5.74) is -0.391. The topological polar surface area (TPSA) is 120 Å². The standard InChI is InChI=1S/C15H19N5O5S/c1-18-7-6-17-15(18)13-10-16-5-8-19(13)26(23,24)11-3-4-14(25-2)12(9-11)20(21)22/h3-4,6-7,9,13,16H,5,8,10H2,1-2H3. The second-order valence-electron chi connectivity index (χ2n) is 5.82. The lowest BCUT2D eigenvalue weighted by molar-refractivity contribution is -0.386. The van der Waals surface area contributed by atoms with Crippen molar-refractivity contribution in [3.05, 3.63) is 46.5 Å². The van der Waals surface area contributed by atoms with Crippen LogP contribution in [0.5, 0.6) is 5.75 Å². The van der Waals surface area contributed by atoms with Gasteiger partial charge in [-0.3, -0.25) is 10.1 Å². The summed E-state index contributed by atoms with van der Waals surface area (Å²) in [6.07, 6.45) is 3.35. The zero-order valence-corrected chi connectivity index (χ0v) is 15.1. The number of nitro groups is 1. The van der Waals surface area contributed by atoms with Gasteiger partial charge in [-0.25, -0.2) is 13.4 Å². The molecule has 2 heterocycles. The molecule has 3 rings (SSSR count). The zero-order valence-electron chi connectivity index (χ0n) is 14.3. The summed E-state index contributed by atoms with van der Waals surface area (Å²) in [5.74, 6) is 0.610. The van der Waals surface area contributed by atoms with Crippen molar-refractivity contribution in [3.8, 4) is 5.75 Å². The minimum atomic E-state index is -3.96. The fourth-order valence-electron chi connectivity index (χ4n) is 3.00. The quantitative estimate of drug-likeness (QED) is 0.597. The Morgan fingerprint density at radius 1 is 1.42 bits per heavy atom. The number of nitro benzene ring substituents is 1. The number of nitrogens with zero attached hydrogens (tertiary/aromatic N) is 4. The van der Waals surface area contributed by atoms with Gasteiger partial charge in [0.2, 0.25) is 10.0 Å². The third-order valence-corrected chi connectivity index (χ3v) is 6.21. The zero-order chi connectivity index (χ0) is 18.9. The van der Waals surface area contributed by atoms with Crippen LogP contribution in [0.2, 0.25) is 0 Å². The van der Waals surface area contributed by atoms with E-state index in [9.17, 15) is 18.5 Å². The van der Waals surface area contributed by atoms with E-state index in [0.717, 1.165) is 6.07 Å². The van der Waals surface area contributed by atoms with Gasteiger partial charge in [-0.15, -0.1) is 0 Å². The molecule has 26 heavy (non-hydrogen) atoms. The number of nitrogens with one attached hydrogen (secondary N) is 1. The predicted molar refractivity (Wildman–Crippen MR) is 92.4 cm³/mol. The predicted octanol–water partition coefficient (Wildman–Crippen LogP) is 0.672. The third-order valence-electron chi connectivity index (χ3n) is 4.30. The second kappa shape index (κ2) is 7.02. The molecule has 2 aromatic rings. The second-order valence-corrected chi connectivity index (χ2v) is 7.71. The summed E-state index contributed by atoms with van der Waals surface area (Å²) in [4.78, 5) is 14.7. The normalized spacial score (nSPS) is 18.6. The van der Waals surface area contributed by atoms with E-state index in [2.05, 4.69) is 10.3 Å². The average Bonchev–Trinajstić information content (AvgIpc) is 3.06. The number of ether oxygens (including phenoxy) is 1. The first kappa shape index (κ1) is 18.3. The molecule has 11 heteroatoms. The summed E-state index contributed by atoms with van der Waals surface area (Å²) in [5, 5.41) is 14.4. The van der Waals surface area contributed by atoms with Gasteiger partial charge in [0.15, 0.2) is 5.75 Å². The Bertz CT molecular complexity index is 926. The first-order valence-corrected chi connectivity index (χ1v) is 9.32. The highest BCUT2D eigenvalue weighted by Gasteiger charge is 2.37. The van der Waals surface area contributed by atoms with Crippen molar-refractivity contribution in [2.24, 2.45) is 7.05 Å². The maximum Gasteiger partial charge on any atom is 0.312 e. The van der Waals surface area contributed by atoms with Crippen LogP contribution in [0.15, 0.2) is 35.5 Å². The Kier molecular flexibility index (Phi) is 4.94. The van der Waals surface area contributed by atoms with E-state index in [1.807, 2.05) is 0 Å². The van der Waals surface area contributed by atoms with Crippen molar-refractivity contribution in [2.75, 3.05) is 26.7 Å². The SMILES string of the molecule is COc1ccc(S(=O)(=O)N2CCNCC2c2nccn2C)cc1[N+](=O)[O-]. The van der Waals surface area contributed by atoms with Crippen molar-refractivity contribution >= 4 is 15.7 Å². The number of sulfonamides is 1. The van der Waals surface area contributed by atoms with Crippen molar-refractivity contribution in [2.45, 2.75) is 10.9 Å². The van der Waals surface area contributed by atoms with Crippen LogP contribution in [-0.4, -0.2) is 53.9 Å². The molecular formula is C15H19N5O5S. The van der Waals surface area contributed by atoms with Crippen LogP contribution in [0.3, 0.4) is 0 Å². The van der Waals surface area contributed by atoms with Gasteiger partial charge in [0.1, 0.15) is 5.82 Å². The van der Waals surface area contributed by atoms with E-state index in [1.54, 1.807) is 24.0 Å². The molecule has 0 spiro atoms. The molecule has 0 amide bonds. The molecule has 1 aromatic heterocycles. The maximum absolute atomic E-state index is 13.2. The Labute approximate surface area is 150 Å². The molecule has 0 aliphatic carbocycles. The number of aromatic nitrogens is 2. The van der Waals surface area contributed by atoms with Crippen molar-refractivity contribution in [1.82, 2.24) is 19.2 Å². The van der Waals surface area contributed by atoms with Gasteiger partial charge >= 0.3 is 5.69 Å². The van der Waals surface area contributed by atoms with Gasteiger partial charge < -0.3 is 14.6 Å². The van der Waals surface area contributed by atoms with Gasteiger partial charge in [-0.05, 0) is 12.1 Å². The van der Waals surface area contributed by atoms with E-state index in [0.29, 0.717) is 18.9 Å². The van der Waals surface area contributed by atoms with Crippen molar-refractivity contribution < 1.29 is 18.1 Å². The minimum absolute atomic E-state index is 0.00918. The Morgan fingerprint density at radius 3 is 2.81 bits per heavy atom. The maximum atomic E-state index is 13.2. The molecule has 0 radical (unpaired) electrons. The lowest BCUT2D eigenvalue weighted by Gasteiger charge is -2.34. The van der Waals surface area contributed by atoms with Gasteiger partial charge in [-0.2, -0.15) is 4.31 Å². The number of rotatable bonds is 5. The van der Waals surface area contributed by atoms with E-state index >= 15 is 0 Å². The molecule has 0 saturated carbocycles. The van der Waals surface area contributed by atoms with Gasteiger partial charge in [0, 0.05) is 45.1 Å². The van der Waals surface area contributed by atoms with Gasteiger partial charge in [0.05, 0.1) is 23.0 Å². The van der Waals surface area contributed by atoms with E-state index in [-0.39, 0.29) is 17.2 Å². The molecule has 1 unspecified atom stereocenters. The minimum Gasteiger partial charge on any atom is -0.490 e. The highest BCUT2D eigenvalue weighted by Crippen LogP contribution is 2.33. The lowest BCUT2D eigenvalue weighted by atomic mass is 10.2. The molecule has 1 saturated heterocycles. The largest absolute Gasteiger partial charge is 0.490 e. The van der Waals surface area contributed by atoms with Crippen LogP contribution in [0.4, 0.5) is 5.69 Å². The van der Waals surface area contributed by atoms with Gasteiger partial charge in [-0.1, -0.05) is 0 Å². The molecule has 10 nitrogen and oxygen atoms in total. The van der Waals surface area contributed by atoms with Crippen molar-refractivity contribution in [3.63, 3.8) is 0 Å². The number of methoxy groups -OCH3 is 1.